The number of hydrogen-bond donors (Lipinski definition) is 1. The molecule has 0 fully saturated rings. The molecule has 0 spiro atoms. The number of aliphatic hydroxyl groups excluding tert-OH is 1. The molecule has 0 saturated carbocycles. The second-order valence-electron chi connectivity index (χ2n) is 10.7. The summed E-state index contributed by atoms with van der Waals surface area (Å²) >= 11 is -1.94. The van der Waals surface area contributed by atoms with Gasteiger partial charge in [-0.15, -0.1) is 0 Å². The van der Waals surface area contributed by atoms with Gasteiger partial charge in [-0.05, 0) is 0 Å². The first-order valence-electron chi connectivity index (χ1n) is 10.8. The van der Waals surface area contributed by atoms with Crippen molar-refractivity contribution in [2.45, 2.75) is 91.8 Å². The van der Waals surface area contributed by atoms with Gasteiger partial charge in [-0.2, -0.15) is 0 Å². The molecule has 1 aromatic rings. The predicted octanol–water partition coefficient (Wildman–Crippen LogP) is 6.06. The van der Waals surface area contributed by atoms with E-state index in [1.165, 1.54) is 6.26 Å². The first-order valence-corrected chi connectivity index (χ1v) is 23.9. The van der Waals surface area contributed by atoms with E-state index in [0.717, 1.165) is 0 Å². The van der Waals surface area contributed by atoms with Crippen molar-refractivity contribution in [3.05, 3.63) is 40.2 Å². The number of nitrogens with zero attached hydrogens (tertiary/aromatic N) is 1. The van der Waals surface area contributed by atoms with E-state index in [-0.39, 0.29) is 29.8 Å². The summed E-state index contributed by atoms with van der Waals surface area (Å²) in [6, 6.07) is 0. The van der Waals surface area contributed by atoms with Crippen LogP contribution >= 0.6 is 0 Å². The van der Waals surface area contributed by atoms with Gasteiger partial charge in [0.25, 0.3) is 0 Å². The molecule has 172 valence electrons. The Morgan fingerprint density at radius 3 is 2.33 bits per heavy atom. The fourth-order valence-electron chi connectivity index (χ4n) is 2.75. The molecule has 0 unspecified atom stereocenters. The van der Waals surface area contributed by atoms with Crippen molar-refractivity contribution >= 4 is 26.7 Å². The quantitative estimate of drug-likeness (QED) is 0.271. The molecule has 0 aromatic carbocycles. The van der Waals surface area contributed by atoms with Gasteiger partial charge >= 0.3 is 184 Å². The predicted molar refractivity (Wildman–Crippen MR) is 130 cm³/mol. The molecular formula is C23H43NO4SiSn. The molecule has 3 atom stereocenters. The number of oxazole rings is 1. The number of aromatic nitrogens is 1. The molecule has 5 nitrogen and oxygen atoms in total. The molecule has 0 aliphatic carbocycles. The van der Waals surface area contributed by atoms with Crippen LogP contribution < -0.4 is 0 Å². The van der Waals surface area contributed by atoms with Crippen LogP contribution in [0, 0.1) is 0 Å². The van der Waals surface area contributed by atoms with Crippen molar-refractivity contribution in [3.63, 3.8) is 0 Å². The van der Waals surface area contributed by atoms with Gasteiger partial charge in [-0.1, -0.05) is 0 Å². The van der Waals surface area contributed by atoms with Crippen LogP contribution in [-0.2, 0) is 15.8 Å². The van der Waals surface area contributed by atoms with Crippen molar-refractivity contribution in [2.24, 2.45) is 0 Å². The zero-order chi connectivity index (χ0) is 23.2. The molecule has 0 saturated heterocycles. The minimum atomic E-state index is -1.95. The van der Waals surface area contributed by atoms with E-state index in [1.54, 1.807) is 7.11 Å². The Bertz CT molecular complexity index is 701. The maximum atomic E-state index is 9.27. The molecule has 0 aliphatic rings. The number of rotatable bonds is 11. The van der Waals surface area contributed by atoms with Crippen LogP contribution in [0.25, 0.3) is 0 Å². The molecule has 1 heterocycles. The molecule has 0 bridgehead atoms. The van der Waals surface area contributed by atoms with Gasteiger partial charge in [0.15, 0.2) is 0 Å². The Labute approximate surface area is 189 Å². The van der Waals surface area contributed by atoms with Crippen LogP contribution in [0.2, 0.25) is 33.0 Å². The molecule has 1 rings (SSSR count). The third-order valence-corrected chi connectivity index (χ3v) is 13.6. The molecule has 1 aromatic heterocycles. The zero-order valence-corrected chi connectivity index (χ0v) is 24.5. The topological polar surface area (TPSA) is 64.7 Å². The molecule has 0 aliphatic heterocycles. The maximum absolute atomic E-state index is 9.27. The van der Waals surface area contributed by atoms with E-state index in [9.17, 15) is 5.11 Å². The van der Waals surface area contributed by atoms with Crippen molar-refractivity contribution in [1.29, 1.82) is 0 Å². The van der Waals surface area contributed by atoms with E-state index in [2.05, 4.69) is 76.0 Å². The van der Waals surface area contributed by atoms with Gasteiger partial charge in [0, 0.05) is 0 Å². The van der Waals surface area contributed by atoms with E-state index >= 15 is 0 Å². The van der Waals surface area contributed by atoms with E-state index < -0.39 is 26.7 Å². The van der Waals surface area contributed by atoms with Gasteiger partial charge < -0.3 is 5.11 Å². The SMILES string of the molecule is CO[C@H](C[C@H](/C=C/C=[CH]/[Sn]([CH3])([CH3])[CH3])O[Si](C)(C)C(C)(C)C)[C@@H](C)c1nc(CO)co1. The summed E-state index contributed by atoms with van der Waals surface area (Å²) in [5, 5.41) is 9.40. The first kappa shape index (κ1) is 27.6. The number of allylic oxidation sites excluding steroid dienone is 2. The third kappa shape index (κ3) is 8.98. The molecule has 30 heavy (non-hydrogen) atoms. The van der Waals surface area contributed by atoms with E-state index in [4.69, 9.17) is 13.6 Å². The van der Waals surface area contributed by atoms with Crippen molar-refractivity contribution < 1.29 is 18.7 Å². The number of ether oxygens (including phenoxy) is 1. The summed E-state index contributed by atoms with van der Waals surface area (Å²) in [5.74, 6) is 0.540. The van der Waals surface area contributed by atoms with Crippen LogP contribution in [0.3, 0.4) is 0 Å². The first-order chi connectivity index (χ1) is 13.7. The molecule has 0 radical (unpaired) electrons. The molecule has 1 N–H and O–H groups in total. The van der Waals surface area contributed by atoms with Gasteiger partial charge in [-0.3, -0.25) is 0 Å². The Morgan fingerprint density at radius 1 is 1.23 bits per heavy atom. The molecular weight excluding hydrogens is 501 g/mol. The van der Waals surface area contributed by atoms with Crippen LogP contribution in [0.15, 0.2) is 33.0 Å². The average molecular weight is 544 g/mol. The molecule has 7 heteroatoms. The summed E-state index contributed by atoms with van der Waals surface area (Å²) in [7, 11) is -0.230. The van der Waals surface area contributed by atoms with Gasteiger partial charge in [0.05, 0.1) is 0 Å². The van der Waals surface area contributed by atoms with E-state index in [1.807, 2.05) is 6.92 Å². The van der Waals surface area contributed by atoms with Gasteiger partial charge in [0.1, 0.15) is 0 Å². The fourth-order valence-corrected chi connectivity index (χ4v) is 6.00. The van der Waals surface area contributed by atoms with E-state index in [0.29, 0.717) is 18.0 Å². The van der Waals surface area contributed by atoms with Gasteiger partial charge in [-0.25, -0.2) is 0 Å². The third-order valence-electron chi connectivity index (χ3n) is 5.73. The summed E-state index contributed by atoms with van der Waals surface area (Å²) in [5.41, 5.74) is 0.541. The van der Waals surface area contributed by atoms with Crippen LogP contribution in [0.1, 0.15) is 51.6 Å². The summed E-state index contributed by atoms with van der Waals surface area (Å²) < 4.78 is 20.5. The van der Waals surface area contributed by atoms with Crippen LogP contribution in [-0.4, -0.2) is 56.1 Å². The standard InChI is InChI=1S/C20H34NO4Si.3CH3.Sn/c1-9-10-11-17(25-26(7,8)20(3,4)5)12-18(23-6)15(2)19-21-16(13-22)14-24-19;;;;/h1,9-11,14-15,17-18,22H,12-13H2,2-8H3;3*1H3;/b9-1?,11-10+;;;;/t15-,17+,18-;;;;/m1..../s1. The fraction of sp³-hybridized carbons (Fsp3) is 0.696. The Kier molecular flexibility index (Phi) is 10.5. The normalized spacial score (nSPS) is 17.0. The van der Waals surface area contributed by atoms with Crippen molar-refractivity contribution in [1.82, 2.24) is 4.98 Å². The Balaban J connectivity index is 3.06. The average Bonchev–Trinajstić information content (AvgIpc) is 3.09. The second-order valence-corrected chi connectivity index (χ2v) is 29.9. The number of hydrogen-bond acceptors (Lipinski definition) is 5. The Morgan fingerprint density at radius 2 is 1.87 bits per heavy atom. The number of methoxy groups -OCH3 is 1. The van der Waals surface area contributed by atoms with Crippen LogP contribution in [0.5, 0.6) is 0 Å². The molecule has 0 amide bonds. The summed E-state index contributed by atoms with van der Waals surface area (Å²) in [6.07, 6.45) is 8.54. The van der Waals surface area contributed by atoms with Gasteiger partial charge in [0.2, 0.25) is 0 Å². The minimum absolute atomic E-state index is 0.0458. The zero-order valence-electron chi connectivity index (χ0n) is 20.7. The Hall–Kier alpha value is -0.414. The second kappa shape index (κ2) is 11.5. The summed E-state index contributed by atoms with van der Waals surface area (Å²) in [6.45, 7) is 13.3. The van der Waals surface area contributed by atoms with Crippen LogP contribution in [0.4, 0.5) is 0 Å². The van der Waals surface area contributed by atoms with Crippen molar-refractivity contribution in [2.75, 3.05) is 7.11 Å². The monoisotopic (exact) mass is 545 g/mol. The number of aliphatic hydroxyl groups is 1. The summed E-state index contributed by atoms with van der Waals surface area (Å²) in [4.78, 5) is 11.5. The van der Waals surface area contributed by atoms with Crippen molar-refractivity contribution in [3.8, 4) is 0 Å².